The second-order valence-electron chi connectivity index (χ2n) is 4.36. The summed E-state index contributed by atoms with van der Waals surface area (Å²) in [6, 6.07) is -0.0111. The Kier molecular flexibility index (Phi) is 4.14. The van der Waals surface area contributed by atoms with Crippen LogP contribution >= 0.6 is 0 Å². The lowest BCUT2D eigenvalue weighted by Crippen LogP contribution is -2.17. The van der Waals surface area contributed by atoms with Gasteiger partial charge in [-0.25, -0.2) is 26.0 Å². The summed E-state index contributed by atoms with van der Waals surface area (Å²) >= 11 is 0. The van der Waals surface area contributed by atoms with Crippen LogP contribution in [0.1, 0.15) is 12.6 Å². The normalized spacial score (nSPS) is 11.7. The minimum absolute atomic E-state index is 0.0111. The number of nitrogens with one attached hydrogen (secondary N) is 1. The van der Waals surface area contributed by atoms with Crippen LogP contribution in [0.3, 0.4) is 0 Å². The molecule has 5 nitrogen and oxygen atoms in total. The number of sulfonamides is 1. The molecule has 1 N–H and O–H groups in total. The number of rotatable bonds is 4. The molecule has 0 fully saturated rings. The van der Waals surface area contributed by atoms with Crippen molar-refractivity contribution in [1.29, 1.82) is 0 Å². The first-order valence-electron chi connectivity index (χ1n) is 6.07. The fourth-order valence-electron chi connectivity index (χ4n) is 1.86. The van der Waals surface area contributed by atoms with Gasteiger partial charge in [0, 0.05) is 12.6 Å². The Labute approximate surface area is 123 Å². The molecule has 0 spiro atoms. The second-order valence-corrected chi connectivity index (χ2v) is 6.01. The Morgan fingerprint density at radius 1 is 1.18 bits per heavy atom. The molecule has 0 aliphatic rings. The van der Waals surface area contributed by atoms with Crippen LogP contribution in [-0.4, -0.2) is 18.2 Å². The first-order chi connectivity index (χ1) is 10.2. The molecule has 1 aromatic carbocycles. The Morgan fingerprint density at radius 2 is 1.73 bits per heavy atom. The van der Waals surface area contributed by atoms with Crippen LogP contribution < -0.4 is 4.72 Å². The monoisotopic (exact) mass is 337 g/mol. The number of anilines is 1. The van der Waals surface area contributed by atoms with Gasteiger partial charge in [-0.05, 0) is 13.8 Å². The zero-order chi connectivity index (χ0) is 16.7. The lowest BCUT2D eigenvalue weighted by Gasteiger charge is -2.10. The fraction of sp³-hybridized carbons (Fsp3) is 0.250. The Bertz CT molecular complexity index is 807. The zero-order valence-electron chi connectivity index (χ0n) is 11.5. The van der Waals surface area contributed by atoms with Crippen molar-refractivity contribution in [1.82, 2.24) is 9.78 Å². The molecular weight excluding hydrogens is 326 g/mol. The molecule has 1 heterocycles. The van der Waals surface area contributed by atoms with Crippen LogP contribution in [0.4, 0.5) is 23.2 Å². The maximum absolute atomic E-state index is 13.5. The van der Waals surface area contributed by atoms with Crippen molar-refractivity contribution >= 4 is 15.7 Å². The third kappa shape index (κ3) is 2.65. The molecule has 0 unspecified atom stereocenters. The van der Waals surface area contributed by atoms with Crippen molar-refractivity contribution in [3.05, 3.63) is 41.2 Å². The van der Waals surface area contributed by atoms with E-state index >= 15 is 0 Å². The standard InChI is InChI=1S/C12H11F4N3O2S/c1-3-19-6(2)9(5-17-19)22(20,21)18-12-10(15)7(13)4-8(14)11(12)16/h4-5,18H,3H2,1-2H3. The van der Waals surface area contributed by atoms with Gasteiger partial charge < -0.3 is 0 Å². The topological polar surface area (TPSA) is 64.0 Å². The third-order valence-electron chi connectivity index (χ3n) is 3.00. The van der Waals surface area contributed by atoms with Gasteiger partial charge >= 0.3 is 0 Å². The Morgan fingerprint density at radius 3 is 2.18 bits per heavy atom. The van der Waals surface area contributed by atoms with Gasteiger partial charge in [0.15, 0.2) is 23.3 Å². The van der Waals surface area contributed by atoms with Crippen molar-refractivity contribution in [3.63, 3.8) is 0 Å². The summed E-state index contributed by atoms with van der Waals surface area (Å²) in [6.45, 7) is 3.52. The van der Waals surface area contributed by atoms with Gasteiger partial charge in [0.05, 0.1) is 11.9 Å². The highest BCUT2D eigenvalue weighted by molar-refractivity contribution is 7.92. The van der Waals surface area contributed by atoms with E-state index in [1.54, 1.807) is 6.92 Å². The molecule has 10 heteroatoms. The lowest BCUT2D eigenvalue weighted by molar-refractivity contribution is 0.459. The molecule has 0 saturated heterocycles. The largest absolute Gasteiger partial charge is 0.274 e. The number of benzene rings is 1. The van der Waals surface area contributed by atoms with E-state index in [2.05, 4.69) is 5.10 Å². The SMILES string of the molecule is CCn1ncc(S(=O)(=O)Nc2c(F)c(F)cc(F)c2F)c1C. The Balaban J connectivity index is 2.52. The maximum atomic E-state index is 13.5. The number of aromatic nitrogens is 2. The highest BCUT2D eigenvalue weighted by atomic mass is 32.2. The second kappa shape index (κ2) is 5.59. The third-order valence-corrected chi connectivity index (χ3v) is 4.45. The molecule has 0 aliphatic heterocycles. The summed E-state index contributed by atoms with van der Waals surface area (Å²) in [5, 5.41) is 3.78. The molecule has 0 radical (unpaired) electrons. The maximum Gasteiger partial charge on any atom is 0.265 e. The quantitative estimate of drug-likeness (QED) is 0.689. The van der Waals surface area contributed by atoms with Crippen molar-refractivity contribution in [3.8, 4) is 0 Å². The van der Waals surface area contributed by atoms with Gasteiger partial charge in [0.2, 0.25) is 0 Å². The minimum Gasteiger partial charge on any atom is -0.274 e. The number of halogens is 4. The average molecular weight is 337 g/mol. The summed E-state index contributed by atoms with van der Waals surface area (Å²) in [7, 11) is -4.46. The number of aryl methyl sites for hydroxylation is 1. The summed E-state index contributed by atoms with van der Waals surface area (Å²) in [5.41, 5.74) is -1.20. The van der Waals surface area contributed by atoms with E-state index in [0.29, 0.717) is 6.54 Å². The molecule has 0 atom stereocenters. The van der Waals surface area contributed by atoms with Gasteiger partial charge in [-0.15, -0.1) is 0 Å². The molecule has 0 amide bonds. The summed E-state index contributed by atoms with van der Waals surface area (Å²) in [5.74, 6) is -7.08. The van der Waals surface area contributed by atoms with Gasteiger partial charge in [-0.1, -0.05) is 0 Å². The molecule has 0 saturated carbocycles. The van der Waals surface area contributed by atoms with Crippen molar-refractivity contribution in [2.75, 3.05) is 4.72 Å². The first-order valence-corrected chi connectivity index (χ1v) is 7.55. The molecule has 1 aromatic heterocycles. The molecule has 120 valence electrons. The average Bonchev–Trinajstić information content (AvgIpc) is 2.83. The van der Waals surface area contributed by atoms with Crippen LogP contribution in [0.25, 0.3) is 0 Å². The van der Waals surface area contributed by atoms with E-state index in [1.165, 1.54) is 16.3 Å². The Hall–Kier alpha value is -2.10. The molecule has 0 bridgehead atoms. The van der Waals surface area contributed by atoms with Gasteiger partial charge in [-0.3, -0.25) is 9.40 Å². The van der Waals surface area contributed by atoms with Crippen LogP contribution in [0.5, 0.6) is 0 Å². The first kappa shape index (κ1) is 16.3. The van der Waals surface area contributed by atoms with Crippen LogP contribution in [0, 0.1) is 30.2 Å². The predicted molar refractivity (Wildman–Crippen MR) is 69.7 cm³/mol. The van der Waals surface area contributed by atoms with E-state index in [9.17, 15) is 26.0 Å². The number of hydrogen-bond acceptors (Lipinski definition) is 3. The molecule has 2 aromatic rings. The van der Waals surface area contributed by atoms with Crippen molar-refractivity contribution < 1.29 is 26.0 Å². The summed E-state index contributed by atoms with van der Waals surface area (Å²) < 4.78 is 80.4. The smallest absolute Gasteiger partial charge is 0.265 e. The van der Waals surface area contributed by atoms with Crippen LogP contribution in [0.15, 0.2) is 17.2 Å². The van der Waals surface area contributed by atoms with E-state index < -0.39 is 39.0 Å². The summed E-state index contributed by atoms with van der Waals surface area (Å²) in [6.07, 6.45) is 0.979. The molecular formula is C12H11F4N3O2S. The summed E-state index contributed by atoms with van der Waals surface area (Å²) in [4.78, 5) is -0.349. The molecule has 22 heavy (non-hydrogen) atoms. The lowest BCUT2D eigenvalue weighted by atomic mass is 10.3. The highest BCUT2D eigenvalue weighted by Crippen LogP contribution is 2.27. The van der Waals surface area contributed by atoms with Gasteiger partial charge in [-0.2, -0.15) is 5.10 Å². The number of hydrogen-bond donors (Lipinski definition) is 1. The molecule has 0 aliphatic carbocycles. The van der Waals surface area contributed by atoms with Gasteiger partial charge in [0.1, 0.15) is 10.6 Å². The van der Waals surface area contributed by atoms with Crippen LogP contribution in [0.2, 0.25) is 0 Å². The predicted octanol–water partition coefficient (Wildman–Crippen LogP) is 2.57. The van der Waals surface area contributed by atoms with E-state index in [0.717, 1.165) is 6.20 Å². The number of nitrogens with zero attached hydrogens (tertiary/aromatic N) is 2. The molecule has 2 rings (SSSR count). The minimum atomic E-state index is -4.46. The van der Waals surface area contributed by atoms with E-state index in [-0.39, 0.29) is 16.7 Å². The zero-order valence-corrected chi connectivity index (χ0v) is 12.3. The van der Waals surface area contributed by atoms with Crippen LogP contribution in [-0.2, 0) is 16.6 Å². The fourth-order valence-corrected chi connectivity index (χ4v) is 3.10. The van der Waals surface area contributed by atoms with E-state index in [1.807, 2.05) is 0 Å². The van der Waals surface area contributed by atoms with Crippen molar-refractivity contribution in [2.45, 2.75) is 25.3 Å². The van der Waals surface area contributed by atoms with Gasteiger partial charge in [0.25, 0.3) is 10.0 Å². The van der Waals surface area contributed by atoms with Crippen molar-refractivity contribution in [2.24, 2.45) is 0 Å². The highest BCUT2D eigenvalue weighted by Gasteiger charge is 2.26. The van der Waals surface area contributed by atoms with E-state index in [4.69, 9.17) is 0 Å².